The standard InChI is InChI=1S/C19H21N5O/c25-19(17-13-21-24-12-4-9-20-18(17)24)22-16-7-5-15(6-8-16)14-23-10-2-1-3-11-23/h4-9,12-13H,1-3,10-11,14H2,(H,22,25). The Morgan fingerprint density at radius 1 is 1.12 bits per heavy atom. The molecule has 1 saturated heterocycles. The monoisotopic (exact) mass is 335 g/mol. The largest absolute Gasteiger partial charge is 0.322 e. The van der Waals surface area contributed by atoms with Crippen LogP contribution in [-0.4, -0.2) is 38.5 Å². The van der Waals surface area contributed by atoms with Crippen LogP contribution in [0.25, 0.3) is 5.65 Å². The summed E-state index contributed by atoms with van der Waals surface area (Å²) in [6, 6.07) is 9.85. The number of carbonyl (C=O) groups excluding carboxylic acids is 1. The van der Waals surface area contributed by atoms with Crippen LogP contribution >= 0.6 is 0 Å². The molecule has 0 aliphatic carbocycles. The molecule has 0 bridgehead atoms. The highest BCUT2D eigenvalue weighted by atomic mass is 16.1. The van der Waals surface area contributed by atoms with E-state index in [4.69, 9.17) is 0 Å². The summed E-state index contributed by atoms with van der Waals surface area (Å²) >= 11 is 0. The maximum atomic E-state index is 12.5. The number of fused-ring (bicyclic) bond motifs is 1. The van der Waals surface area contributed by atoms with Gasteiger partial charge < -0.3 is 5.32 Å². The van der Waals surface area contributed by atoms with Gasteiger partial charge in [-0.3, -0.25) is 9.69 Å². The zero-order valence-electron chi connectivity index (χ0n) is 14.1. The second-order valence-electron chi connectivity index (χ2n) is 6.43. The Bertz CT molecular complexity index is 865. The van der Waals surface area contributed by atoms with Gasteiger partial charge in [-0.1, -0.05) is 18.6 Å². The molecule has 6 nitrogen and oxygen atoms in total. The third kappa shape index (κ3) is 3.53. The molecule has 4 rings (SSSR count). The fourth-order valence-corrected chi connectivity index (χ4v) is 3.26. The molecule has 0 atom stereocenters. The van der Waals surface area contributed by atoms with Crippen LogP contribution in [0.4, 0.5) is 5.69 Å². The number of likely N-dealkylation sites (tertiary alicyclic amines) is 1. The SMILES string of the molecule is O=C(Nc1ccc(CN2CCCCC2)cc1)c1cnn2cccnc12. The second-order valence-corrected chi connectivity index (χ2v) is 6.43. The minimum Gasteiger partial charge on any atom is -0.322 e. The number of piperidine rings is 1. The van der Waals surface area contributed by atoms with E-state index in [2.05, 4.69) is 32.4 Å². The average molecular weight is 335 g/mol. The zero-order chi connectivity index (χ0) is 17.1. The quantitative estimate of drug-likeness (QED) is 0.796. The van der Waals surface area contributed by atoms with Gasteiger partial charge in [0.15, 0.2) is 5.65 Å². The van der Waals surface area contributed by atoms with Gasteiger partial charge in [-0.25, -0.2) is 9.50 Å². The van der Waals surface area contributed by atoms with E-state index in [0.29, 0.717) is 11.2 Å². The van der Waals surface area contributed by atoms with E-state index in [0.717, 1.165) is 12.2 Å². The first-order valence-corrected chi connectivity index (χ1v) is 8.70. The van der Waals surface area contributed by atoms with Gasteiger partial charge in [0.25, 0.3) is 5.91 Å². The van der Waals surface area contributed by atoms with Crippen LogP contribution in [0.1, 0.15) is 35.2 Å². The highest BCUT2D eigenvalue weighted by molar-refractivity contribution is 6.08. The van der Waals surface area contributed by atoms with Crippen molar-refractivity contribution in [2.75, 3.05) is 18.4 Å². The van der Waals surface area contributed by atoms with Crippen molar-refractivity contribution in [3.63, 3.8) is 0 Å². The van der Waals surface area contributed by atoms with Crippen LogP contribution in [0, 0.1) is 0 Å². The number of carbonyl (C=O) groups is 1. The number of nitrogens with zero attached hydrogens (tertiary/aromatic N) is 4. The van der Waals surface area contributed by atoms with Gasteiger partial charge in [0.1, 0.15) is 5.56 Å². The summed E-state index contributed by atoms with van der Waals surface area (Å²) in [4.78, 5) is 19.2. The number of nitrogens with one attached hydrogen (secondary N) is 1. The summed E-state index contributed by atoms with van der Waals surface area (Å²) in [5, 5.41) is 7.07. The van der Waals surface area contributed by atoms with Crippen LogP contribution in [0.2, 0.25) is 0 Å². The normalized spacial score (nSPS) is 15.4. The Morgan fingerprint density at radius 2 is 1.92 bits per heavy atom. The molecule has 0 saturated carbocycles. The predicted molar refractivity (Wildman–Crippen MR) is 96.5 cm³/mol. The van der Waals surface area contributed by atoms with E-state index in [9.17, 15) is 4.79 Å². The van der Waals surface area contributed by atoms with Crippen LogP contribution in [0.15, 0.2) is 48.9 Å². The first-order valence-electron chi connectivity index (χ1n) is 8.70. The number of benzene rings is 1. The van der Waals surface area contributed by atoms with Crippen molar-refractivity contribution >= 4 is 17.2 Å². The van der Waals surface area contributed by atoms with E-state index >= 15 is 0 Å². The summed E-state index contributed by atoms with van der Waals surface area (Å²) in [6.07, 6.45) is 8.91. The number of hydrogen-bond acceptors (Lipinski definition) is 4. The molecule has 1 fully saturated rings. The number of amides is 1. The van der Waals surface area contributed by atoms with E-state index in [1.54, 1.807) is 29.2 Å². The van der Waals surface area contributed by atoms with Crippen molar-refractivity contribution in [1.82, 2.24) is 19.5 Å². The molecule has 1 aliphatic rings. The molecule has 6 heteroatoms. The van der Waals surface area contributed by atoms with E-state index < -0.39 is 0 Å². The molecule has 1 N–H and O–H groups in total. The molecule has 1 amide bonds. The van der Waals surface area contributed by atoms with Crippen molar-refractivity contribution in [2.24, 2.45) is 0 Å². The van der Waals surface area contributed by atoms with E-state index in [1.165, 1.54) is 37.9 Å². The molecule has 128 valence electrons. The molecule has 1 aromatic carbocycles. The lowest BCUT2D eigenvalue weighted by molar-refractivity contribution is 0.102. The molecule has 3 heterocycles. The lowest BCUT2D eigenvalue weighted by Gasteiger charge is -2.26. The highest BCUT2D eigenvalue weighted by Crippen LogP contribution is 2.16. The number of aromatic nitrogens is 3. The van der Waals surface area contributed by atoms with Crippen LogP contribution in [0.3, 0.4) is 0 Å². The van der Waals surface area contributed by atoms with Crippen LogP contribution in [-0.2, 0) is 6.54 Å². The molecular formula is C19H21N5O. The van der Waals surface area contributed by atoms with Gasteiger partial charge >= 0.3 is 0 Å². The van der Waals surface area contributed by atoms with Gasteiger partial charge in [0.2, 0.25) is 0 Å². The number of anilines is 1. The third-order valence-corrected chi connectivity index (χ3v) is 4.59. The number of rotatable bonds is 4. The van der Waals surface area contributed by atoms with Crippen molar-refractivity contribution < 1.29 is 4.79 Å². The highest BCUT2D eigenvalue weighted by Gasteiger charge is 2.14. The van der Waals surface area contributed by atoms with Gasteiger partial charge in [-0.15, -0.1) is 0 Å². The molecular weight excluding hydrogens is 314 g/mol. The van der Waals surface area contributed by atoms with Crippen molar-refractivity contribution in [3.05, 3.63) is 60.0 Å². The summed E-state index contributed by atoms with van der Waals surface area (Å²) in [5.74, 6) is -0.197. The Hall–Kier alpha value is -2.73. The maximum Gasteiger partial charge on any atom is 0.261 e. The smallest absolute Gasteiger partial charge is 0.261 e. The fraction of sp³-hybridized carbons (Fsp3) is 0.316. The third-order valence-electron chi connectivity index (χ3n) is 4.59. The number of hydrogen-bond donors (Lipinski definition) is 1. The Labute approximate surface area is 146 Å². The molecule has 25 heavy (non-hydrogen) atoms. The molecule has 1 aliphatic heterocycles. The fourth-order valence-electron chi connectivity index (χ4n) is 3.26. The van der Waals surface area contributed by atoms with E-state index in [1.807, 2.05) is 12.1 Å². The van der Waals surface area contributed by atoms with Gasteiger partial charge in [-0.05, 0) is 49.7 Å². The molecule has 2 aromatic heterocycles. The first-order chi connectivity index (χ1) is 12.3. The predicted octanol–water partition coefficient (Wildman–Crippen LogP) is 2.97. The minimum atomic E-state index is -0.197. The zero-order valence-corrected chi connectivity index (χ0v) is 14.1. The lowest BCUT2D eigenvalue weighted by Crippen LogP contribution is -2.29. The summed E-state index contributed by atoms with van der Waals surface area (Å²) in [5.41, 5.74) is 3.08. The van der Waals surface area contributed by atoms with Crippen LogP contribution < -0.4 is 5.32 Å². The Kier molecular flexibility index (Phi) is 4.43. The van der Waals surface area contributed by atoms with Gasteiger partial charge in [0.05, 0.1) is 6.20 Å². The van der Waals surface area contributed by atoms with Crippen molar-refractivity contribution in [2.45, 2.75) is 25.8 Å². The minimum absolute atomic E-state index is 0.197. The first kappa shape index (κ1) is 15.8. The summed E-state index contributed by atoms with van der Waals surface area (Å²) in [6.45, 7) is 3.34. The van der Waals surface area contributed by atoms with Crippen LogP contribution in [0.5, 0.6) is 0 Å². The van der Waals surface area contributed by atoms with Crippen molar-refractivity contribution in [3.8, 4) is 0 Å². The van der Waals surface area contributed by atoms with Gasteiger partial charge in [-0.2, -0.15) is 5.10 Å². The summed E-state index contributed by atoms with van der Waals surface area (Å²) < 4.78 is 1.59. The molecule has 0 radical (unpaired) electrons. The van der Waals surface area contributed by atoms with Crippen molar-refractivity contribution in [1.29, 1.82) is 0 Å². The van der Waals surface area contributed by atoms with E-state index in [-0.39, 0.29) is 5.91 Å². The molecule has 3 aromatic rings. The Balaban J connectivity index is 1.43. The Morgan fingerprint density at radius 3 is 2.72 bits per heavy atom. The molecule has 0 spiro atoms. The summed E-state index contributed by atoms with van der Waals surface area (Å²) in [7, 11) is 0. The van der Waals surface area contributed by atoms with Gasteiger partial charge in [0, 0.05) is 24.6 Å². The molecule has 0 unspecified atom stereocenters. The maximum absolute atomic E-state index is 12.5. The average Bonchev–Trinajstić information content (AvgIpc) is 3.08. The topological polar surface area (TPSA) is 62.5 Å². The second kappa shape index (κ2) is 7.03. The lowest BCUT2D eigenvalue weighted by atomic mass is 10.1.